The number of methoxy groups -OCH3 is 2. The molecule has 15 rings (SSSR count). The maximum atomic E-state index is 13.2. The molecule has 1 saturated heterocycles. The summed E-state index contributed by atoms with van der Waals surface area (Å²) in [5.74, 6) is -0.0561. The molecule has 1 fully saturated rings. The zero-order chi connectivity index (χ0) is 90.6. The minimum Gasteiger partial charge on any atom is -0.870 e. The van der Waals surface area contributed by atoms with Crippen LogP contribution in [0.3, 0.4) is 0 Å². The SMILES string of the molecule is CC(C)c1ncsc1Br.COC(=O)c1cc(-c2ccc(C)cn2)cc(-c2ncsc2C(C)C)c1.COC(=O)c1cc(B2OC(C)(C)C(C)(C)O2)cc(-c2ccc(C)cn2)c1.Cc1ccc(-c2cc(C(=O)CCc3ccc(C)nn3)cc(-c3ncsc3C(C)C)c2)nc1.Cc1ccc(-c2cc(C(=O)O)cc(-c3ncsc3C(C)C)c2)nc1.Cc1ccc(CN)nn1.[Li+].[OH-]. The Labute approximate surface area is 780 Å². The number of rotatable bonds is 20. The summed E-state index contributed by atoms with van der Waals surface area (Å²) in [6, 6.07) is 45.9. The van der Waals surface area contributed by atoms with Crippen LogP contribution < -0.4 is 30.1 Å². The van der Waals surface area contributed by atoms with Gasteiger partial charge in [-0.15, -0.1) is 45.3 Å². The maximum Gasteiger partial charge on any atom is 1.00 e. The summed E-state index contributed by atoms with van der Waals surface area (Å²) in [5, 5.41) is 25.4. The Morgan fingerprint density at radius 2 is 0.780 bits per heavy atom. The number of benzene rings is 4. The number of ether oxygens (including phenoxy) is 2. The number of thiazole rings is 4. The van der Waals surface area contributed by atoms with Crippen LogP contribution in [0.15, 0.2) is 196 Å². The van der Waals surface area contributed by atoms with Gasteiger partial charge in [-0.1, -0.05) is 85.7 Å². The molecule has 10 aromatic heterocycles. The molecule has 0 radical (unpaired) electrons. The number of carboxylic acid groups (broad SMARTS) is 1. The Balaban J connectivity index is 0.000000196. The summed E-state index contributed by atoms with van der Waals surface area (Å²) in [6.45, 7) is 37.3. The molecule has 0 unspecified atom stereocenters. The molecule has 0 aliphatic carbocycles. The van der Waals surface area contributed by atoms with Crippen LogP contribution in [0.2, 0.25) is 0 Å². The quantitative estimate of drug-likeness (QED) is 0.0406. The van der Waals surface area contributed by atoms with Crippen LogP contribution >= 0.6 is 61.3 Å². The van der Waals surface area contributed by atoms with Crippen LogP contribution in [0.4, 0.5) is 0 Å². The number of aromatic carboxylic acids is 1. The maximum absolute atomic E-state index is 13.2. The number of hydrogen-bond donors (Lipinski definition) is 2. The monoisotopic (exact) mass is 1840 g/mol. The van der Waals surface area contributed by atoms with E-state index >= 15 is 0 Å². The molecular formula is C97H106BBrLiN13O10S4. The second-order valence-electron chi connectivity index (χ2n) is 32.3. The van der Waals surface area contributed by atoms with E-state index in [9.17, 15) is 24.3 Å². The number of halogens is 1. The summed E-state index contributed by atoms with van der Waals surface area (Å²) >= 11 is 9.94. The first-order valence-corrected chi connectivity index (χ1v) is 45.1. The zero-order valence-corrected chi connectivity index (χ0v) is 80.5. The van der Waals surface area contributed by atoms with Gasteiger partial charge in [-0.2, -0.15) is 20.4 Å². The number of nitrogens with two attached hydrogens (primary N) is 1. The molecule has 0 saturated carbocycles. The predicted molar refractivity (Wildman–Crippen MR) is 509 cm³/mol. The van der Waals surface area contributed by atoms with E-state index in [1.54, 1.807) is 82.0 Å². The Morgan fingerprint density at radius 1 is 0.433 bits per heavy atom. The minimum absolute atomic E-state index is 0. The molecule has 0 atom stereocenters. The summed E-state index contributed by atoms with van der Waals surface area (Å²) < 4.78 is 23.3. The molecule has 0 spiro atoms. The van der Waals surface area contributed by atoms with Gasteiger partial charge in [0.1, 0.15) is 0 Å². The van der Waals surface area contributed by atoms with Gasteiger partial charge in [-0.25, -0.2) is 34.3 Å². The predicted octanol–water partition coefficient (Wildman–Crippen LogP) is 19.6. The van der Waals surface area contributed by atoms with E-state index < -0.39 is 30.3 Å². The molecule has 11 heterocycles. The first-order chi connectivity index (χ1) is 59.5. The number of carbonyl (C=O) groups is 4. The Morgan fingerprint density at radius 3 is 1.10 bits per heavy atom. The van der Waals surface area contributed by atoms with Crippen LogP contribution in [0.1, 0.15) is 220 Å². The Kier molecular flexibility index (Phi) is 37.4. The van der Waals surface area contributed by atoms with E-state index in [0.29, 0.717) is 59.7 Å². The third-order valence-electron chi connectivity index (χ3n) is 20.3. The largest absolute Gasteiger partial charge is 1.00 e. The fraction of sp³-hybridized carbons (Fsp3) is 0.299. The van der Waals surface area contributed by atoms with Gasteiger partial charge in [0.25, 0.3) is 0 Å². The number of aromatic nitrogens is 12. The van der Waals surface area contributed by atoms with Crippen LogP contribution in [-0.2, 0) is 31.7 Å². The van der Waals surface area contributed by atoms with Gasteiger partial charge in [-0.05, 0) is 258 Å². The molecule has 0 bridgehead atoms. The topological polar surface area (TPSA) is 336 Å². The minimum atomic E-state index is -0.952. The van der Waals surface area contributed by atoms with Crippen molar-refractivity contribution in [2.24, 2.45) is 5.73 Å². The molecule has 23 nitrogen and oxygen atoms in total. The van der Waals surface area contributed by atoms with Crippen molar-refractivity contribution in [2.75, 3.05) is 14.2 Å². The van der Waals surface area contributed by atoms with E-state index in [0.717, 1.165) is 138 Å². The van der Waals surface area contributed by atoms with Gasteiger partial charge in [0.15, 0.2) is 5.78 Å². The van der Waals surface area contributed by atoms with Crippen LogP contribution in [0.5, 0.6) is 0 Å². The van der Waals surface area contributed by atoms with Crippen molar-refractivity contribution in [3.05, 3.63) is 284 Å². The van der Waals surface area contributed by atoms with Crippen molar-refractivity contribution >= 4 is 97.5 Å². The molecule has 4 aromatic carbocycles. The number of carbonyl (C=O) groups excluding carboxylic acids is 3. The normalized spacial score (nSPS) is 12.2. The molecule has 4 N–H and O–H groups in total. The van der Waals surface area contributed by atoms with Crippen molar-refractivity contribution in [3.63, 3.8) is 0 Å². The second-order valence-corrected chi connectivity index (χ2v) is 37.1. The van der Waals surface area contributed by atoms with Crippen molar-refractivity contribution in [2.45, 2.75) is 179 Å². The summed E-state index contributed by atoms with van der Waals surface area (Å²) in [5.41, 5.74) is 35.3. The van der Waals surface area contributed by atoms with Crippen LogP contribution in [0, 0.1) is 41.5 Å². The fourth-order valence-electron chi connectivity index (χ4n) is 12.7. The zero-order valence-electron chi connectivity index (χ0n) is 75.6. The molecule has 0 amide bonds. The number of ketones is 1. The Bertz CT molecular complexity index is 5980. The third-order valence-corrected chi connectivity index (χ3v) is 25.3. The summed E-state index contributed by atoms with van der Waals surface area (Å²) in [6.07, 6.45) is 8.18. The molecule has 1 aliphatic rings. The fourth-order valence-corrected chi connectivity index (χ4v) is 16.7. The smallest absolute Gasteiger partial charge is 0.870 e. The molecular weight excluding hydrogens is 1730 g/mol. The average Bonchev–Trinajstić information content (AvgIpc) is 1.61. The van der Waals surface area contributed by atoms with Crippen molar-refractivity contribution < 1.29 is 67.4 Å². The van der Waals surface area contributed by atoms with Gasteiger partial charge in [-0.3, -0.25) is 24.7 Å². The van der Waals surface area contributed by atoms with Gasteiger partial charge in [0, 0.05) is 96.9 Å². The molecule has 30 heteroatoms. The molecule has 14 aromatic rings. The standard InChI is InChI=1S/C26H26N4OS.C20H24BNO4.C20H20N2O2S.C19H18N2O2S.C6H8BrNS.C6H9N3.Li.H2O/c1-16(2)26-25(28-15-32-26)21-12-19(23-9-5-17(3)14-27-23)11-20(13-21)24(31)10-8-22-7-6-18(4)29-30-22;1-13-7-8-17(22-12-13)14-9-15(18(23)24-6)11-16(10-14)21-25-19(2,3)20(4,5)26-21;1-12(2)19-18(22-11-25-19)15-7-14(8-16(9-15)20(23)24-4)17-6-5-13(3)10-21-17;1-11(2)18-17(21-10-24-18)14-6-13(7-15(8-14)19(22)23)16-5-4-12(3)9-20-16;1-4(2)5-6(7)9-3-8-5;1-5-2-3-6(4-7)9-8-5;;/h5-7,9,11-16H,8,10H2,1-4H3;7-12H,1-6H3;5-12H,1-4H3;4-11H,1-3H3,(H,22,23);3-4H,1-2H3;2-3H,4,7H2,1H3;;1H2/q;;;;;;+1;/p-1. The van der Waals surface area contributed by atoms with E-state index in [2.05, 4.69) is 138 Å². The van der Waals surface area contributed by atoms with Crippen LogP contribution in [0.25, 0.3) is 78.8 Å². The number of Topliss-reactive ketones (excluding diaryl/α,β-unsaturated/α-hetero) is 1. The molecule has 654 valence electrons. The van der Waals surface area contributed by atoms with Crippen molar-refractivity contribution in [3.8, 4) is 78.8 Å². The molecule has 1 aliphatic heterocycles. The van der Waals surface area contributed by atoms with E-state index in [1.807, 2.05) is 219 Å². The second kappa shape index (κ2) is 46.8. The number of esters is 2. The number of carboxylic acids is 1. The van der Waals surface area contributed by atoms with Gasteiger partial charge >= 0.3 is 43.9 Å². The third kappa shape index (κ3) is 27.6. The number of hydrogen-bond acceptors (Lipinski definition) is 26. The summed E-state index contributed by atoms with van der Waals surface area (Å²) in [4.78, 5) is 88.3. The van der Waals surface area contributed by atoms with Gasteiger partial charge in [0.05, 0.1) is 136 Å². The first-order valence-electron chi connectivity index (χ1n) is 40.8. The first kappa shape index (κ1) is 102. The van der Waals surface area contributed by atoms with Gasteiger partial charge < -0.3 is 35.1 Å². The Hall–Kier alpha value is -10.8. The van der Waals surface area contributed by atoms with Crippen molar-refractivity contribution in [1.29, 1.82) is 0 Å². The number of pyridine rings is 4. The molecule has 127 heavy (non-hydrogen) atoms. The van der Waals surface area contributed by atoms with Crippen LogP contribution in [-0.4, -0.2) is 127 Å². The van der Waals surface area contributed by atoms with E-state index in [4.69, 9.17) is 24.5 Å². The number of aryl methyl sites for hydroxylation is 7. The van der Waals surface area contributed by atoms with Crippen molar-refractivity contribution in [1.82, 2.24) is 60.3 Å². The van der Waals surface area contributed by atoms with Gasteiger partial charge in [0.2, 0.25) is 0 Å². The average molecular weight is 1840 g/mol. The van der Waals surface area contributed by atoms with E-state index in [-0.39, 0.29) is 41.7 Å². The van der Waals surface area contributed by atoms with E-state index in [1.165, 1.54) is 29.7 Å². The summed E-state index contributed by atoms with van der Waals surface area (Å²) in [7, 11) is 2.20. The number of nitrogens with zero attached hydrogens (tertiary/aromatic N) is 12.